The second-order valence-electron chi connectivity index (χ2n) is 7.24. The summed E-state index contributed by atoms with van der Waals surface area (Å²) in [6, 6.07) is 5.61. The first-order valence-electron chi connectivity index (χ1n) is 9.76. The molecule has 1 aromatic rings. The van der Waals surface area contributed by atoms with Crippen molar-refractivity contribution in [3.8, 4) is 0 Å². The van der Waals surface area contributed by atoms with Crippen LogP contribution in [0.15, 0.2) is 22.5 Å². The molecule has 0 aliphatic carbocycles. The van der Waals surface area contributed by atoms with Crippen LogP contribution in [0, 0.1) is 0 Å². The van der Waals surface area contributed by atoms with Crippen molar-refractivity contribution in [2.45, 2.75) is 51.1 Å². The molecule has 0 radical (unpaired) electrons. The van der Waals surface area contributed by atoms with Crippen molar-refractivity contribution in [1.29, 1.82) is 0 Å². The molecule has 140 valence electrons. The molecular weight excluding hydrogens is 330 g/mol. The maximum absolute atomic E-state index is 4.42. The van der Waals surface area contributed by atoms with Crippen LogP contribution in [0.3, 0.4) is 0 Å². The number of thiophene rings is 1. The molecule has 0 bridgehead atoms. The van der Waals surface area contributed by atoms with Gasteiger partial charge >= 0.3 is 0 Å². The molecule has 3 rings (SSSR count). The summed E-state index contributed by atoms with van der Waals surface area (Å²) in [7, 11) is 1.87. The van der Waals surface area contributed by atoms with E-state index in [0.29, 0.717) is 6.04 Å². The topological polar surface area (TPSA) is 42.9 Å². The lowest BCUT2D eigenvalue weighted by atomic mass is 10.0. The van der Waals surface area contributed by atoms with Gasteiger partial charge in [0.2, 0.25) is 0 Å². The van der Waals surface area contributed by atoms with E-state index in [2.05, 4.69) is 49.9 Å². The van der Waals surface area contributed by atoms with Crippen molar-refractivity contribution in [1.82, 2.24) is 15.5 Å². The SMILES string of the molecule is CN=C(NCCN1CCCCC1C)NC1CCN(c2cccs2)CC1. The van der Waals surface area contributed by atoms with E-state index in [4.69, 9.17) is 0 Å². The lowest BCUT2D eigenvalue weighted by molar-refractivity contribution is 0.163. The summed E-state index contributed by atoms with van der Waals surface area (Å²) in [5.74, 6) is 0.958. The molecule has 1 aromatic heterocycles. The van der Waals surface area contributed by atoms with Gasteiger partial charge < -0.3 is 15.5 Å². The van der Waals surface area contributed by atoms with Crippen LogP contribution in [-0.2, 0) is 0 Å². The van der Waals surface area contributed by atoms with Gasteiger partial charge in [-0.1, -0.05) is 6.42 Å². The first-order chi connectivity index (χ1) is 12.3. The number of piperidine rings is 2. The third-order valence-electron chi connectivity index (χ3n) is 5.51. The zero-order valence-electron chi connectivity index (χ0n) is 15.7. The lowest BCUT2D eigenvalue weighted by Gasteiger charge is -2.34. The number of hydrogen-bond donors (Lipinski definition) is 2. The Labute approximate surface area is 156 Å². The summed E-state index contributed by atoms with van der Waals surface area (Å²) in [5.41, 5.74) is 0. The smallest absolute Gasteiger partial charge is 0.191 e. The van der Waals surface area contributed by atoms with E-state index >= 15 is 0 Å². The normalized spacial score (nSPS) is 23.7. The van der Waals surface area contributed by atoms with Crippen molar-refractivity contribution in [3.63, 3.8) is 0 Å². The van der Waals surface area contributed by atoms with E-state index in [0.717, 1.165) is 38.2 Å². The molecule has 2 fully saturated rings. The van der Waals surface area contributed by atoms with E-state index in [1.807, 2.05) is 18.4 Å². The average molecular weight is 364 g/mol. The molecule has 0 saturated carbocycles. The third kappa shape index (κ3) is 5.35. The largest absolute Gasteiger partial charge is 0.363 e. The Kier molecular flexibility index (Phi) is 6.99. The van der Waals surface area contributed by atoms with Crippen LogP contribution in [-0.4, -0.2) is 62.7 Å². The van der Waals surface area contributed by atoms with Crippen LogP contribution in [0.2, 0.25) is 0 Å². The van der Waals surface area contributed by atoms with E-state index in [1.165, 1.54) is 43.6 Å². The summed E-state index contributed by atoms with van der Waals surface area (Å²) < 4.78 is 0. The van der Waals surface area contributed by atoms with Gasteiger partial charge in [0, 0.05) is 45.3 Å². The summed E-state index contributed by atoms with van der Waals surface area (Å²) in [6.45, 7) is 7.93. The van der Waals surface area contributed by atoms with Crippen LogP contribution in [0.5, 0.6) is 0 Å². The fraction of sp³-hybridized carbons (Fsp3) is 0.737. The summed E-state index contributed by atoms with van der Waals surface area (Å²) in [6.07, 6.45) is 6.41. The van der Waals surface area contributed by atoms with E-state index in [9.17, 15) is 0 Å². The van der Waals surface area contributed by atoms with E-state index in [-0.39, 0.29) is 0 Å². The van der Waals surface area contributed by atoms with Gasteiger partial charge in [-0.05, 0) is 56.7 Å². The maximum Gasteiger partial charge on any atom is 0.191 e. The average Bonchev–Trinajstić information content (AvgIpc) is 3.17. The first kappa shape index (κ1) is 18.5. The monoisotopic (exact) mass is 363 g/mol. The molecule has 3 heterocycles. The lowest BCUT2D eigenvalue weighted by Crippen LogP contribution is -2.50. The van der Waals surface area contributed by atoms with Crippen molar-refractivity contribution in [2.24, 2.45) is 4.99 Å². The first-order valence-corrected chi connectivity index (χ1v) is 10.6. The number of aliphatic imine (C=N–C) groups is 1. The quantitative estimate of drug-likeness (QED) is 0.624. The molecule has 25 heavy (non-hydrogen) atoms. The molecule has 1 atom stereocenters. The Balaban J connectivity index is 1.36. The van der Waals surface area contributed by atoms with Gasteiger partial charge in [0.15, 0.2) is 5.96 Å². The molecule has 6 heteroatoms. The number of nitrogens with one attached hydrogen (secondary N) is 2. The minimum atomic E-state index is 0.524. The summed E-state index contributed by atoms with van der Waals surface area (Å²) in [4.78, 5) is 9.51. The van der Waals surface area contributed by atoms with E-state index < -0.39 is 0 Å². The Bertz CT molecular complexity index is 522. The number of hydrogen-bond acceptors (Lipinski definition) is 4. The third-order valence-corrected chi connectivity index (χ3v) is 6.44. The van der Waals surface area contributed by atoms with Gasteiger partial charge in [-0.3, -0.25) is 9.89 Å². The molecule has 1 unspecified atom stereocenters. The predicted molar refractivity (Wildman–Crippen MR) is 109 cm³/mol. The van der Waals surface area contributed by atoms with Crippen molar-refractivity contribution >= 4 is 22.3 Å². The standard InChI is InChI=1S/C19H33N5S/c1-16-6-3-4-11-23(16)14-10-21-19(20-2)22-17-8-12-24(13-9-17)18-7-5-15-25-18/h5,7,15-17H,3-4,6,8-14H2,1-2H3,(H2,20,21,22). The van der Waals surface area contributed by atoms with Gasteiger partial charge in [-0.25, -0.2) is 0 Å². The van der Waals surface area contributed by atoms with Crippen LogP contribution in [0.4, 0.5) is 5.00 Å². The van der Waals surface area contributed by atoms with Gasteiger partial charge in [-0.2, -0.15) is 0 Å². The van der Waals surface area contributed by atoms with Crippen molar-refractivity contribution < 1.29 is 0 Å². The second kappa shape index (κ2) is 9.43. The predicted octanol–water partition coefficient (Wildman–Crippen LogP) is 2.76. The number of anilines is 1. The number of guanidine groups is 1. The number of rotatable bonds is 5. The van der Waals surface area contributed by atoms with Crippen molar-refractivity contribution in [3.05, 3.63) is 17.5 Å². The zero-order valence-corrected chi connectivity index (χ0v) is 16.5. The molecule has 2 aliphatic heterocycles. The number of likely N-dealkylation sites (tertiary alicyclic amines) is 1. The highest BCUT2D eigenvalue weighted by atomic mass is 32.1. The Hall–Kier alpha value is -1.27. The molecule has 2 aliphatic rings. The Morgan fingerprint density at radius 1 is 1.24 bits per heavy atom. The molecule has 2 saturated heterocycles. The van der Waals surface area contributed by atoms with Crippen LogP contribution >= 0.6 is 11.3 Å². The Morgan fingerprint density at radius 2 is 2.08 bits per heavy atom. The molecule has 2 N–H and O–H groups in total. The van der Waals surface area contributed by atoms with Gasteiger partial charge in [0.1, 0.15) is 0 Å². The van der Waals surface area contributed by atoms with Crippen LogP contribution in [0.1, 0.15) is 39.0 Å². The maximum atomic E-state index is 4.42. The fourth-order valence-electron chi connectivity index (χ4n) is 3.89. The summed E-state index contributed by atoms with van der Waals surface area (Å²) >= 11 is 1.84. The molecule has 5 nitrogen and oxygen atoms in total. The van der Waals surface area contributed by atoms with Crippen LogP contribution in [0.25, 0.3) is 0 Å². The minimum Gasteiger partial charge on any atom is -0.363 e. The molecular formula is C19H33N5S. The molecule has 0 aromatic carbocycles. The zero-order chi connectivity index (χ0) is 17.5. The summed E-state index contributed by atoms with van der Waals surface area (Å²) in [5, 5.41) is 10.7. The van der Waals surface area contributed by atoms with E-state index in [1.54, 1.807) is 0 Å². The van der Waals surface area contributed by atoms with Gasteiger partial charge in [0.05, 0.1) is 5.00 Å². The second-order valence-corrected chi connectivity index (χ2v) is 8.16. The Morgan fingerprint density at radius 3 is 2.76 bits per heavy atom. The molecule has 0 amide bonds. The minimum absolute atomic E-state index is 0.524. The highest BCUT2D eigenvalue weighted by Gasteiger charge is 2.21. The van der Waals surface area contributed by atoms with Gasteiger partial charge in [-0.15, -0.1) is 11.3 Å². The highest BCUT2D eigenvalue weighted by Crippen LogP contribution is 2.24. The highest BCUT2D eigenvalue weighted by molar-refractivity contribution is 7.14. The van der Waals surface area contributed by atoms with Crippen LogP contribution < -0.4 is 15.5 Å². The van der Waals surface area contributed by atoms with Crippen molar-refractivity contribution in [2.75, 3.05) is 44.7 Å². The van der Waals surface area contributed by atoms with Gasteiger partial charge in [0.25, 0.3) is 0 Å². The fourth-order valence-corrected chi connectivity index (χ4v) is 4.68. The molecule has 0 spiro atoms. The number of nitrogens with zero attached hydrogens (tertiary/aromatic N) is 3.